The number of fused-ring (bicyclic) bond motifs is 3. The fourth-order valence-corrected chi connectivity index (χ4v) is 4.60. The first-order chi connectivity index (χ1) is 15.1. The largest absolute Gasteiger partial charge is 0.462 e. The number of benzene rings is 1. The predicted octanol–water partition coefficient (Wildman–Crippen LogP) is 4.67. The molecule has 31 heavy (non-hydrogen) atoms. The number of carbonyl (C=O) groups excluding carboxylic acids is 2. The van der Waals surface area contributed by atoms with Crippen LogP contribution < -0.4 is 0 Å². The minimum absolute atomic E-state index is 0.164. The molecular weight excluding hydrogens is 410 g/mol. The van der Waals surface area contributed by atoms with Crippen LogP contribution in [0.2, 0.25) is 0 Å². The molecule has 2 aromatic heterocycles. The zero-order valence-electron chi connectivity index (χ0n) is 17.7. The highest BCUT2D eigenvalue weighted by molar-refractivity contribution is 7.99. The Labute approximate surface area is 185 Å². The minimum Gasteiger partial charge on any atom is -0.462 e. The van der Waals surface area contributed by atoms with Crippen LogP contribution in [0, 0.1) is 0 Å². The van der Waals surface area contributed by atoms with Crippen molar-refractivity contribution in [2.45, 2.75) is 31.7 Å². The van der Waals surface area contributed by atoms with Gasteiger partial charge in [-0.25, -0.2) is 9.78 Å². The number of amides is 1. The number of rotatable bonds is 6. The Bertz CT molecular complexity index is 1150. The molecule has 3 heterocycles. The van der Waals surface area contributed by atoms with Gasteiger partial charge in [-0.2, -0.15) is 0 Å². The van der Waals surface area contributed by atoms with Crippen molar-refractivity contribution in [3.05, 3.63) is 65.6 Å². The van der Waals surface area contributed by atoms with E-state index in [9.17, 15) is 9.59 Å². The van der Waals surface area contributed by atoms with Crippen LogP contribution in [0.4, 0.5) is 0 Å². The third-order valence-corrected chi connectivity index (χ3v) is 6.38. The summed E-state index contributed by atoms with van der Waals surface area (Å²) < 4.78 is 5.32. The Hall–Kier alpha value is -3.06. The number of nitrogens with one attached hydrogen (secondary N) is 1. The topological polar surface area (TPSA) is 75.3 Å². The van der Waals surface area contributed by atoms with E-state index in [-0.39, 0.29) is 12.5 Å². The van der Waals surface area contributed by atoms with Gasteiger partial charge in [0, 0.05) is 29.8 Å². The van der Waals surface area contributed by atoms with Gasteiger partial charge in [0.15, 0.2) is 0 Å². The molecule has 160 valence electrons. The van der Waals surface area contributed by atoms with Crippen molar-refractivity contribution in [2.75, 3.05) is 18.9 Å². The minimum atomic E-state index is -0.443. The van der Waals surface area contributed by atoms with Gasteiger partial charge < -0.3 is 14.6 Å². The van der Waals surface area contributed by atoms with Gasteiger partial charge in [0.2, 0.25) is 0 Å². The first-order valence-corrected chi connectivity index (χ1v) is 11.5. The zero-order chi connectivity index (χ0) is 21.8. The number of thioether (sulfide) groups is 1. The molecule has 7 heteroatoms. The standard InChI is InChI=1S/C24H25N3O3S/c1-3-14-31-22-18(9-7-12-25-22)23(28)27-13-11-17-16-8-5-6-10-20(16)26-21(17)19(15-27)24(29)30-4-2/h5-10,12,15,26H,3-4,11,13-14H2,1-2H3. The highest BCUT2D eigenvalue weighted by Crippen LogP contribution is 2.32. The molecule has 0 spiro atoms. The summed E-state index contributed by atoms with van der Waals surface area (Å²) in [5, 5.41) is 1.77. The number of nitrogens with zero attached hydrogens (tertiary/aromatic N) is 2. The number of para-hydroxylation sites is 1. The average Bonchev–Trinajstić information content (AvgIpc) is 3.05. The molecule has 0 atom stereocenters. The van der Waals surface area contributed by atoms with Crippen LogP contribution >= 0.6 is 11.8 Å². The number of esters is 1. The molecule has 4 rings (SSSR count). The first-order valence-electron chi connectivity index (χ1n) is 10.5. The van der Waals surface area contributed by atoms with Gasteiger partial charge in [0.05, 0.1) is 23.4 Å². The molecule has 0 unspecified atom stereocenters. The molecule has 1 aliphatic heterocycles. The van der Waals surface area contributed by atoms with E-state index >= 15 is 0 Å². The summed E-state index contributed by atoms with van der Waals surface area (Å²) in [5.74, 6) is 0.280. The van der Waals surface area contributed by atoms with E-state index in [4.69, 9.17) is 4.74 Å². The molecule has 0 aliphatic carbocycles. The van der Waals surface area contributed by atoms with Crippen molar-refractivity contribution in [2.24, 2.45) is 0 Å². The van der Waals surface area contributed by atoms with Crippen LogP contribution in [0.25, 0.3) is 16.5 Å². The second kappa shape index (κ2) is 9.39. The van der Waals surface area contributed by atoms with E-state index < -0.39 is 5.97 Å². The maximum absolute atomic E-state index is 13.5. The molecule has 1 amide bonds. The summed E-state index contributed by atoms with van der Waals surface area (Å²) in [6.07, 6.45) is 4.95. The van der Waals surface area contributed by atoms with Crippen molar-refractivity contribution in [3.8, 4) is 0 Å². The first kappa shape index (κ1) is 21.2. The molecular formula is C24H25N3O3S. The van der Waals surface area contributed by atoms with Gasteiger partial charge in [-0.3, -0.25) is 4.79 Å². The number of aromatic amines is 1. The maximum Gasteiger partial charge on any atom is 0.341 e. The number of hydrogen-bond donors (Lipinski definition) is 1. The Morgan fingerprint density at radius 2 is 2.03 bits per heavy atom. The monoisotopic (exact) mass is 435 g/mol. The summed E-state index contributed by atoms with van der Waals surface area (Å²) in [4.78, 5) is 35.7. The number of aromatic nitrogens is 2. The summed E-state index contributed by atoms with van der Waals surface area (Å²) in [7, 11) is 0. The Morgan fingerprint density at radius 1 is 1.19 bits per heavy atom. The van der Waals surface area contributed by atoms with Gasteiger partial charge in [0.1, 0.15) is 5.03 Å². The lowest BCUT2D eigenvalue weighted by molar-refractivity contribution is -0.136. The third-order valence-electron chi connectivity index (χ3n) is 5.17. The second-order valence-corrected chi connectivity index (χ2v) is 8.32. The number of ether oxygens (including phenoxy) is 1. The smallest absolute Gasteiger partial charge is 0.341 e. The molecule has 6 nitrogen and oxygen atoms in total. The number of carbonyl (C=O) groups is 2. The number of H-pyrrole nitrogens is 1. The molecule has 0 fully saturated rings. The zero-order valence-corrected chi connectivity index (χ0v) is 18.5. The second-order valence-electron chi connectivity index (χ2n) is 7.24. The molecule has 0 saturated heterocycles. The van der Waals surface area contributed by atoms with Gasteiger partial charge in [0.25, 0.3) is 5.91 Å². The fraction of sp³-hybridized carbons (Fsp3) is 0.292. The van der Waals surface area contributed by atoms with Crippen LogP contribution in [0.3, 0.4) is 0 Å². The van der Waals surface area contributed by atoms with E-state index in [1.54, 1.807) is 48.1 Å². The Morgan fingerprint density at radius 3 is 2.84 bits per heavy atom. The summed E-state index contributed by atoms with van der Waals surface area (Å²) in [5.41, 5.74) is 3.63. The van der Waals surface area contributed by atoms with E-state index in [0.29, 0.717) is 29.1 Å². The van der Waals surface area contributed by atoms with Crippen molar-refractivity contribution in [1.82, 2.24) is 14.9 Å². The third kappa shape index (κ3) is 4.23. The molecule has 1 aliphatic rings. The van der Waals surface area contributed by atoms with Gasteiger partial charge in [-0.1, -0.05) is 25.1 Å². The van der Waals surface area contributed by atoms with E-state index in [2.05, 4.69) is 16.9 Å². The van der Waals surface area contributed by atoms with Gasteiger partial charge in [-0.05, 0) is 49.3 Å². The lowest BCUT2D eigenvalue weighted by Gasteiger charge is -2.19. The molecule has 0 bridgehead atoms. The van der Waals surface area contributed by atoms with Crippen LogP contribution in [-0.4, -0.2) is 45.6 Å². The van der Waals surface area contributed by atoms with Crippen molar-refractivity contribution in [1.29, 1.82) is 0 Å². The lowest BCUT2D eigenvalue weighted by atomic mass is 10.0. The average molecular weight is 436 g/mol. The molecule has 0 radical (unpaired) electrons. The van der Waals surface area contributed by atoms with Crippen LogP contribution in [0.1, 0.15) is 41.9 Å². The van der Waals surface area contributed by atoms with E-state index in [1.165, 1.54) is 0 Å². The molecule has 3 aromatic rings. The normalized spacial score (nSPS) is 13.5. The van der Waals surface area contributed by atoms with Crippen molar-refractivity contribution >= 4 is 40.1 Å². The Kier molecular flexibility index (Phi) is 6.42. The van der Waals surface area contributed by atoms with Gasteiger partial charge in [-0.15, -0.1) is 11.8 Å². The summed E-state index contributed by atoms with van der Waals surface area (Å²) >= 11 is 1.57. The summed E-state index contributed by atoms with van der Waals surface area (Å²) in [6.45, 7) is 4.60. The molecule has 0 saturated carbocycles. The van der Waals surface area contributed by atoms with E-state index in [0.717, 1.165) is 34.3 Å². The van der Waals surface area contributed by atoms with Crippen LogP contribution in [0.5, 0.6) is 0 Å². The number of hydrogen-bond acceptors (Lipinski definition) is 5. The summed E-state index contributed by atoms with van der Waals surface area (Å²) in [6, 6.07) is 11.5. The maximum atomic E-state index is 13.5. The Balaban J connectivity index is 1.76. The van der Waals surface area contributed by atoms with Crippen LogP contribution in [0.15, 0.2) is 53.8 Å². The van der Waals surface area contributed by atoms with Crippen molar-refractivity contribution in [3.63, 3.8) is 0 Å². The highest BCUT2D eigenvalue weighted by Gasteiger charge is 2.28. The highest BCUT2D eigenvalue weighted by atomic mass is 32.2. The molecule has 1 aromatic carbocycles. The molecule has 1 N–H and O–H groups in total. The predicted molar refractivity (Wildman–Crippen MR) is 123 cm³/mol. The van der Waals surface area contributed by atoms with Crippen LogP contribution in [-0.2, 0) is 16.0 Å². The van der Waals surface area contributed by atoms with Crippen molar-refractivity contribution < 1.29 is 14.3 Å². The quantitative estimate of drug-likeness (QED) is 0.450. The number of pyridine rings is 1. The fourth-order valence-electron chi connectivity index (χ4n) is 3.75. The van der Waals surface area contributed by atoms with E-state index in [1.807, 2.05) is 24.3 Å². The SMILES string of the molecule is CCCSc1ncccc1C(=O)N1C=C(C(=O)OCC)c2[nH]c3ccccc3c2CC1. The van der Waals surface area contributed by atoms with Gasteiger partial charge >= 0.3 is 5.97 Å². The lowest BCUT2D eigenvalue weighted by Crippen LogP contribution is -2.28.